The molecule has 1 heterocycles. The number of alkyl halides is 3. The van der Waals surface area contributed by atoms with Gasteiger partial charge in [-0.15, -0.1) is 0 Å². The third-order valence-electron chi connectivity index (χ3n) is 2.47. The molecule has 112 valence electrons. The van der Waals surface area contributed by atoms with Crippen molar-refractivity contribution in [3.05, 3.63) is 33.7 Å². The summed E-state index contributed by atoms with van der Waals surface area (Å²) in [6.07, 6.45) is -3.69. The zero-order valence-corrected chi connectivity index (χ0v) is 10.9. The average molecular weight is 291 g/mol. The van der Waals surface area contributed by atoms with E-state index in [4.69, 9.17) is 0 Å². The molecule has 8 heteroatoms. The highest BCUT2D eigenvalue weighted by molar-refractivity contribution is 5.93. The third-order valence-corrected chi connectivity index (χ3v) is 2.47. The maximum absolute atomic E-state index is 12.3. The summed E-state index contributed by atoms with van der Waals surface area (Å²) in [4.78, 5) is 24.7. The average Bonchev–Trinajstić information content (AvgIpc) is 2.37. The molecule has 0 unspecified atom stereocenters. The van der Waals surface area contributed by atoms with Crippen molar-refractivity contribution in [2.45, 2.75) is 19.5 Å². The molecule has 0 saturated heterocycles. The van der Waals surface area contributed by atoms with Gasteiger partial charge in [-0.1, -0.05) is 6.92 Å². The topological polar surface area (TPSA) is 74.0 Å². The molecule has 1 amide bonds. The van der Waals surface area contributed by atoms with Crippen molar-refractivity contribution in [1.29, 1.82) is 0 Å². The van der Waals surface area contributed by atoms with Crippen molar-refractivity contribution in [1.82, 2.24) is 15.6 Å². The SMILES string of the molecule is CCCNCCNC(=O)c1ccc(C(F)(F)F)[nH]c1=O. The molecule has 0 radical (unpaired) electrons. The van der Waals surface area contributed by atoms with Crippen LogP contribution in [0.1, 0.15) is 29.4 Å². The van der Waals surface area contributed by atoms with Crippen LogP contribution in [0.3, 0.4) is 0 Å². The van der Waals surface area contributed by atoms with Gasteiger partial charge in [0, 0.05) is 13.1 Å². The number of hydrogen-bond donors (Lipinski definition) is 3. The first-order valence-electron chi connectivity index (χ1n) is 6.15. The van der Waals surface area contributed by atoms with Crippen LogP contribution >= 0.6 is 0 Å². The van der Waals surface area contributed by atoms with Gasteiger partial charge in [-0.25, -0.2) is 0 Å². The van der Waals surface area contributed by atoms with Crippen LogP contribution in [0.25, 0.3) is 0 Å². The van der Waals surface area contributed by atoms with Crippen LogP contribution in [0, 0.1) is 0 Å². The molecule has 0 spiro atoms. The van der Waals surface area contributed by atoms with Gasteiger partial charge in [0.2, 0.25) is 0 Å². The van der Waals surface area contributed by atoms with Crippen LogP contribution in [0.15, 0.2) is 16.9 Å². The quantitative estimate of drug-likeness (QED) is 0.688. The number of carbonyl (C=O) groups is 1. The molecule has 5 nitrogen and oxygen atoms in total. The van der Waals surface area contributed by atoms with E-state index in [2.05, 4.69) is 10.6 Å². The summed E-state index contributed by atoms with van der Waals surface area (Å²) in [5.74, 6) is -0.696. The highest BCUT2D eigenvalue weighted by Crippen LogP contribution is 2.26. The van der Waals surface area contributed by atoms with Crippen LogP contribution in [-0.4, -0.2) is 30.5 Å². The molecule has 0 saturated carbocycles. The van der Waals surface area contributed by atoms with Gasteiger partial charge in [-0.05, 0) is 25.1 Å². The summed E-state index contributed by atoms with van der Waals surface area (Å²) < 4.78 is 37.0. The molecule has 0 fully saturated rings. The molecular formula is C12H16F3N3O2. The molecule has 1 rings (SSSR count). The number of aromatic nitrogens is 1. The summed E-state index contributed by atoms with van der Waals surface area (Å²) in [5, 5.41) is 5.49. The monoisotopic (exact) mass is 291 g/mol. The first-order chi connectivity index (χ1) is 9.36. The van der Waals surface area contributed by atoms with E-state index in [1.54, 1.807) is 4.98 Å². The zero-order chi connectivity index (χ0) is 15.2. The number of amides is 1. The number of pyridine rings is 1. The Bertz CT molecular complexity index is 511. The lowest BCUT2D eigenvalue weighted by atomic mass is 10.2. The van der Waals surface area contributed by atoms with Crippen molar-refractivity contribution in [2.75, 3.05) is 19.6 Å². The van der Waals surface area contributed by atoms with Crippen molar-refractivity contribution >= 4 is 5.91 Å². The molecule has 0 aliphatic heterocycles. The first-order valence-corrected chi connectivity index (χ1v) is 6.15. The van der Waals surface area contributed by atoms with Crippen LogP contribution in [0.5, 0.6) is 0 Å². The highest BCUT2D eigenvalue weighted by Gasteiger charge is 2.32. The fourth-order valence-electron chi connectivity index (χ4n) is 1.48. The molecule has 3 N–H and O–H groups in total. The van der Waals surface area contributed by atoms with Gasteiger partial charge in [0.1, 0.15) is 11.3 Å². The van der Waals surface area contributed by atoms with Crippen molar-refractivity contribution in [3.8, 4) is 0 Å². The van der Waals surface area contributed by atoms with Gasteiger partial charge >= 0.3 is 6.18 Å². The van der Waals surface area contributed by atoms with Crippen molar-refractivity contribution in [3.63, 3.8) is 0 Å². The maximum Gasteiger partial charge on any atom is 0.431 e. The smallest absolute Gasteiger partial charge is 0.351 e. The lowest BCUT2D eigenvalue weighted by Gasteiger charge is -2.08. The van der Waals surface area contributed by atoms with E-state index in [0.29, 0.717) is 19.2 Å². The van der Waals surface area contributed by atoms with Gasteiger partial charge in [-0.3, -0.25) is 9.59 Å². The number of rotatable bonds is 6. The summed E-state index contributed by atoms with van der Waals surface area (Å²) in [5.41, 5.74) is -2.57. The minimum Gasteiger partial charge on any atom is -0.351 e. The number of nitrogens with one attached hydrogen (secondary N) is 3. The highest BCUT2D eigenvalue weighted by atomic mass is 19.4. The first kappa shape index (κ1) is 16.2. The molecule has 0 atom stereocenters. The standard InChI is InChI=1S/C12H16F3N3O2/c1-2-5-16-6-7-17-10(19)8-3-4-9(12(13,14)15)18-11(8)20/h3-4,16H,2,5-7H2,1H3,(H,17,19)(H,18,20). The second-order valence-electron chi connectivity index (χ2n) is 4.12. The van der Waals surface area contributed by atoms with Gasteiger partial charge in [0.25, 0.3) is 11.5 Å². The molecule has 0 aliphatic carbocycles. The second-order valence-corrected chi connectivity index (χ2v) is 4.12. The molecule has 0 aromatic carbocycles. The Morgan fingerprint density at radius 3 is 2.50 bits per heavy atom. The maximum atomic E-state index is 12.3. The minimum atomic E-state index is -4.64. The summed E-state index contributed by atoms with van der Waals surface area (Å²) in [6.45, 7) is 3.61. The fraction of sp³-hybridized carbons (Fsp3) is 0.500. The molecule has 0 aliphatic rings. The Morgan fingerprint density at radius 1 is 1.25 bits per heavy atom. The Kier molecular flexibility index (Phi) is 5.75. The number of hydrogen-bond acceptors (Lipinski definition) is 3. The van der Waals surface area contributed by atoms with E-state index in [1.165, 1.54) is 0 Å². The fourth-order valence-corrected chi connectivity index (χ4v) is 1.48. The minimum absolute atomic E-state index is 0.291. The third kappa shape index (κ3) is 4.69. The predicted octanol–water partition coefficient (Wildman–Crippen LogP) is 1.12. The number of H-pyrrole nitrogens is 1. The van der Waals surface area contributed by atoms with Crippen molar-refractivity contribution < 1.29 is 18.0 Å². The van der Waals surface area contributed by atoms with E-state index in [-0.39, 0.29) is 5.56 Å². The Hall–Kier alpha value is -1.83. The molecule has 1 aromatic rings. The van der Waals surface area contributed by atoms with E-state index < -0.39 is 23.3 Å². The Labute approximate surface area is 113 Å². The van der Waals surface area contributed by atoms with E-state index >= 15 is 0 Å². The number of halogens is 3. The van der Waals surface area contributed by atoms with Crippen LogP contribution in [0.4, 0.5) is 13.2 Å². The summed E-state index contributed by atoms with van der Waals surface area (Å²) in [6, 6.07) is 1.54. The summed E-state index contributed by atoms with van der Waals surface area (Å²) >= 11 is 0. The number of carbonyl (C=O) groups excluding carboxylic acids is 1. The molecule has 0 bridgehead atoms. The summed E-state index contributed by atoms with van der Waals surface area (Å²) in [7, 11) is 0. The van der Waals surface area contributed by atoms with E-state index in [9.17, 15) is 22.8 Å². The lowest BCUT2D eigenvalue weighted by molar-refractivity contribution is -0.141. The Balaban J connectivity index is 2.63. The van der Waals surface area contributed by atoms with E-state index in [0.717, 1.165) is 19.0 Å². The van der Waals surface area contributed by atoms with Crippen LogP contribution in [0.2, 0.25) is 0 Å². The largest absolute Gasteiger partial charge is 0.431 e. The van der Waals surface area contributed by atoms with E-state index in [1.807, 2.05) is 6.92 Å². The van der Waals surface area contributed by atoms with Gasteiger partial charge in [-0.2, -0.15) is 13.2 Å². The molecular weight excluding hydrogens is 275 g/mol. The molecule has 20 heavy (non-hydrogen) atoms. The van der Waals surface area contributed by atoms with Crippen LogP contribution < -0.4 is 16.2 Å². The normalized spacial score (nSPS) is 11.4. The Morgan fingerprint density at radius 2 is 1.95 bits per heavy atom. The van der Waals surface area contributed by atoms with Gasteiger partial charge in [0.15, 0.2) is 0 Å². The predicted molar refractivity (Wildman–Crippen MR) is 67.6 cm³/mol. The van der Waals surface area contributed by atoms with Crippen molar-refractivity contribution in [2.24, 2.45) is 0 Å². The number of aromatic amines is 1. The zero-order valence-electron chi connectivity index (χ0n) is 10.9. The van der Waals surface area contributed by atoms with Crippen LogP contribution in [-0.2, 0) is 6.18 Å². The second kappa shape index (κ2) is 7.09. The lowest BCUT2D eigenvalue weighted by Crippen LogP contribution is -2.35. The van der Waals surface area contributed by atoms with Gasteiger partial charge < -0.3 is 15.6 Å². The van der Waals surface area contributed by atoms with Gasteiger partial charge in [0.05, 0.1) is 0 Å². The molecule has 1 aromatic heterocycles.